The summed E-state index contributed by atoms with van der Waals surface area (Å²) in [7, 11) is -3.50. The molecule has 0 atom stereocenters. The lowest BCUT2D eigenvalue weighted by molar-refractivity contribution is 0.0272. The molecule has 20 heavy (non-hydrogen) atoms. The van der Waals surface area contributed by atoms with Crippen LogP contribution in [0.4, 0.5) is 0 Å². The second-order valence-corrected chi connectivity index (χ2v) is 7.63. The first-order chi connectivity index (χ1) is 9.29. The predicted molar refractivity (Wildman–Crippen MR) is 77.9 cm³/mol. The van der Waals surface area contributed by atoms with E-state index in [0.29, 0.717) is 26.3 Å². The van der Waals surface area contributed by atoms with Gasteiger partial charge in [-0.25, -0.2) is 13.4 Å². The van der Waals surface area contributed by atoms with Crippen molar-refractivity contribution in [2.75, 3.05) is 26.3 Å². The third kappa shape index (κ3) is 3.79. The molecule has 0 radical (unpaired) electrons. The second-order valence-electron chi connectivity index (χ2n) is 5.97. The average molecular weight is 298 g/mol. The number of nitrogens with zero attached hydrogens (tertiary/aromatic N) is 1. The van der Waals surface area contributed by atoms with Crippen LogP contribution in [0.25, 0.3) is 0 Å². The van der Waals surface area contributed by atoms with E-state index in [2.05, 4.69) is 25.6 Å². The van der Waals surface area contributed by atoms with Crippen LogP contribution in [0.3, 0.4) is 0 Å². The Morgan fingerprint density at radius 1 is 1.10 bits per heavy atom. The highest BCUT2D eigenvalue weighted by Gasteiger charge is 2.21. The molecular formula is C14H22N2O3S. The molecule has 1 saturated heterocycles. The smallest absolute Gasteiger partial charge is 0.253 e. The van der Waals surface area contributed by atoms with E-state index in [9.17, 15) is 8.42 Å². The molecule has 1 N–H and O–H groups in total. The number of sulfonamides is 1. The van der Waals surface area contributed by atoms with Gasteiger partial charge >= 0.3 is 0 Å². The van der Waals surface area contributed by atoms with E-state index in [-0.39, 0.29) is 10.3 Å². The Morgan fingerprint density at radius 2 is 1.65 bits per heavy atom. The Kier molecular flexibility index (Phi) is 4.49. The summed E-state index contributed by atoms with van der Waals surface area (Å²) in [5.74, 6) is 0. The first-order valence-electron chi connectivity index (χ1n) is 6.75. The molecule has 112 valence electrons. The zero-order valence-electron chi connectivity index (χ0n) is 12.2. The first-order valence-corrected chi connectivity index (χ1v) is 8.23. The molecule has 6 heteroatoms. The molecule has 1 heterocycles. The summed E-state index contributed by atoms with van der Waals surface area (Å²) >= 11 is 0. The number of benzene rings is 1. The van der Waals surface area contributed by atoms with Crippen molar-refractivity contribution in [3.8, 4) is 0 Å². The van der Waals surface area contributed by atoms with Crippen molar-refractivity contribution in [3.05, 3.63) is 29.8 Å². The lowest BCUT2D eigenvalue weighted by atomic mass is 9.87. The van der Waals surface area contributed by atoms with Gasteiger partial charge in [0.1, 0.15) is 0 Å². The zero-order valence-corrected chi connectivity index (χ0v) is 13.0. The van der Waals surface area contributed by atoms with E-state index in [1.54, 1.807) is 17.1 Å². The van der Waals surface area contributed by atoms with Gasteiger partial charge in [-0.1, -0.05) is 32.9 Å². The highest BCUT2D eigenvalue weighted by Crippen LogP contribution is 2.23. The molecule has 0 aliphatic carbocycles. The van der Waals surface area contributed by atoms with Gasteiger partial charge in [0.2, 0.25) is 0 Å². The van der Waals surface area contributed by atoms with Gasteiger partial charge in [-0.15, -0.1) is 4.83 Å². The van der Waals surface area contributed by atoms with Crippen LogP contribution in [0.5, 0.6) is 0 Å². The minimum Gasteiger partial charge on any atom is -0.379 e. The molecule has 0 bridgehead atoms. The molecule has 0 aromatic heterocycles. The van der Waals surface area contributed by atoms with Crippen LogP contribution in [-0.4, -0.2) is 39.7 Å². The Hall–Kier alpha value is -0.950. The summed E-state index contributed by atoms with van der Waals surface area (Å²) in [6.07, 6.45) is 0. The van der Waals surface area contributed by atoms with Crippen molar-refractivity contribution in [1.82, 2.24) is 9.84 Å². The fourth-order valence-corrected chi connectivity index (χ4v) is 3.13. The first kappa shape index (κ1) is 15.4. The van der Waals surface area contributed by atoms with E-state index in [1.165, 1.54) is 0 Å². The third-order valence-corrected chi connectivity index (χ3v) is 4.68. The van der Waals surface area contributed by atoms with E-state index < -0.39 is 10.0 Å². The van der Waals surface area contributed by atoms with Crippen LogP contribution in [0.1, 0.15) is 26.3 Å². The molecular weight excluding hydrogens is 276 g/mol. The third-order valence-electron chi connectivity index (χ3n) is 3.29. The maximum atomic E-state index is 12.3. The maximum absolute atomic E-state index is 12.3. The van der Waals surface area contributed by atoms with Crippen LogP contribution >= 0.6 is 0 Å². The molecule has 0 saturated carbocycles. The summed E-state index contributed by atoms with van der Waals surface area (Å²) in [5, 5.41) is 1.68. The maximum Gasteiger partial charge on any atom is 0.253 e. The van der Waals surface area contributed by atoms with Crippen molar-refractivity contribution in [2.24, 2.45) is 0 Å². The van der Waals surface area contributed by atoms with Crippen LogP contribution in [0.15, 0.2) is 29.2 Å². The molecule has 0 spiro atoms. The molecule has 1 aromatic rings. The van der Waals surface area contributed by atoms with Crippen molar-refractivity contribution in [2.45, 2.75) is 31.1 Å². The van der Waals surface area contributed by atoms with Crippen molar-refractivity contribution < 1.29 is 13.2 Å². The Balaban J connectivity index is 2.13. The summed E-state index contributed by atoms with van der Waals surface area (Å²) in [6.45, 7) is 8.53. The van der Waals surface area contributed by atoms with Gasteiger partial charge in [-0.3, -0.25) is 0 Å². The summed E-state index contributed by atoms with van der Waals surface area (Å²) in [5.41, 5.74) is 1.13. The number of ether oxygens (including phenoxy) is 1. The lowest BCUT2D eigenvalue weighted by Gasteiger charge is -2.26. The van der Waals surface area contributed by atoms with E-state index in [4.69, 9.17) is 4.74 Å². The molecule has 2 rings (SSSR count). The number of hydrazine groups is 1. The number of hydrogen-bond acceptors (Lipinski definition) is 4. The van der Waals surface area contributed by atoms with Gasteiger partial charge in [0.15, 0.2) is 0 Å². The monoisotopic (exact) mass is 298 g/mol. The largest absolute Gasteiger partial charge is 0.379 e. The molecule has 1 aliphatic rings. The van der Waals surface area contributed by atoms with E-state index in [1.807, 2.05) is 12.1 Å². The highest BCUT2D eigenvalue weighted by atomic mass is 32.2. The highest BCUT2D eigenvalue weighted by molar-refractivity contribution is 7.89. The van der Waals surface area contributed by atoms with Crippen LogP contribution in [0, 0.1) is 0 Å². The SMILES string of the molecule is CC(C)(C)c1ccc(S(=O)(=O)NN2CCOCC2)cc1. The van der Waals surface area contributed by atoms with Gasteiger partial charge in [-0.05, 0) is 23.1 Å². The molecule has 1 aromatic carbocycles. The average Bonchev–Trinajstić information content (AvgIpc) is 2.38. The van der Waals surface area contributed by atoms with Gasteiger partial charge in [-0.2, -0.15) is 0 Å². The second kappa shape index (κ2) is 5.81. The number of nitrogens with one attached hydrogen (secondary N) is 1. The van der Waals surface area contributed by atoms with Gasteiger partial charge in [0.25, 0.3) is 10.0 Å². The fraction of sp³-hybridized carbons (Fsp3) is 0.571. The minimum atomic E-state index is -3.50. The van der Waals surface area contributed by atoms with Crippen LogP contribution < -0.4 is 4.83 Å². The molecule has 0 amide bonds. The normalized spacial score (nSPS) is 18.1. The van der Waals surface area contributed by atoms with Gasteiger partial charge in [0, 0.05) is 13.1 Å². The molecule has 0 unspecified atom stereocenters. The zero-order chi connectivity index (χ0) is 14.8. The van der Waals surface area contributed by atoms with Crippen LogP contribution in [0.2, 0.25) is 0 Å². The van der Waals surface area contributed by atoms with Gasteiger partial charge in [0.05, 0.1) is 18.1 Å². The summed E-state index contributed by atoms with van der Waals surface area (Å²) in [6, 6.07) is 7.05. The minimum absolute atomic E-state index is 0.0138. The topological polar surface area (TPSA) is 58.6 Å². The standard InChI is InChI=1S/C14H22N2O3S/c1-14(2,3)12-4-6-13(7-5-12)20(17,18)15-16-8-10-19-11-9-16/h4-7,15H,8-11H2,1-3H3. The lowest BCUT2D eigenvalue weighted by Crippen LogP contribution is -2.48. The van der Waals surface area contributed by atoms with E-state index >= 15 is 0 Å². The quantitative estimate of drug-likeness (QED) is 0.919. The van der Waals surface area contributed by atoms with E-state index in [0.717, 1.165) is 5.56 Å². The van der Waals surface area contributed by atoms with Crippen LogP contribution in [-0.2, 0) is 20.2 Å². The van der Waals surface area contributed by atoms with Crippen molar-refractivity contribution in [3.63, 3.8) is 0 Å². The number of hydrogen-bond donors (Lipinski definition) is 1. The Morgan fingerprint density at radius 3 is 2.15 bits per heavy atom. The fourth-order valence-electron chi connectivity index (χ4n) is 2.01. The Labute approximate surface area is 120 Å². The number of morpholine rings is 1. The predicted octanol–water partition coefficient (Wildman–Crippen LogP) is 1.51. The summed E-state index contributed by atoms with van der Waals surface area (Å²) in [4.78, 5) is 2.88. The van der Waals surface area contributed by atoms with Crippen molar-refractivity contribution >= 4 is 10.0 Å². The molecule has 1 aliphatic heterocycles. The number of rotatable bonds is 3. The summed E-state index contributed by atoms with van der Waals surface area (Å²) < 4.78 is 29.7. The molecule has 1 fully saturated rings. The van der Waals surface area contributed by atoms with Crippen molar-refractivity contribution in [1.29, 1.82) is 0 Å². The van der Waals surface area contributed by atoms with Gasteiger partial charge < -0.3 is 4.74 Å². The molecule has 5 nitrogen and oxygen atoms in total. The Bertz CT molecular complexity index is 541.